The molecule has 0 bridgehead atoms. The minimum atomic E-state index is -0.777. The van der Waals surface area contributed by atoms with Crippen LogP contribution in [0.3, 0.4) is 0 Å². The lowest BCUT2D eigenvalue weighted by molar-refractivity contribution is -0.121. The molecule has 1 aliphatic heterocycles. The van der Waals surface area contributed by atoms with Gasteiger partial charge in [-0.2, -0.15) is 0 Å². The predicted octanol–water partition coefficient (Wildman–Crippen LogP) is 2.97. The smallest absolute Gasteiger partial charge is 0.256 e. The Kier molecular flexibility index (Phi) is 4.46. The summed E-state index contributed by atoms with van der Waals surface area (Å²) in [6.45, 7) is 2.41. The van der Waals surface area contributed by atoms with Gasteiger partial charge in [0.1, 0.15) is 17.6 Å². The zero-order valence-electron chi connectivity index (χ0n) is 13.2. The standard InChI is InChI=1S/C18H17FN2O3/c1-2-24-13-9-7-12(8-10-13)21-17(22)11-16(18(21)23)20-15-6-4-3-5-14(15)19/h3-10,16,20H,2,11H2,1H3/t16-/m0/s1. The van der Waals surface area contributed by atoms with Crippen molar-refractivity contribution < 1.29 is 18.7 Å². The summed E-state index contributed by atoms with van der Waals surface area (Å²) in [4.78, 5) is 25.9. The zero-order chi connectivity index (χ0) is 17.1. The molecule has 24 heavy (non-hydrogen) atoms. The summed E-state index contributed by atoms with van der Waals surface area (Å²) >= 11 is 0. The number of carbonyl (C=O) groups is 2. The van der Waals surface area contributed by atoms with Crippen LogP contribution in [-0.2, 0) is 9.59 Å². The van der Waals surface area contributed by atoms with Gasteiger partial charge >= 0.3 is 0 Å². The Morgan fingerprint density at radius 1 is 1.17 bits per heavy atom. The molecule has 124 valence electrons. The predicted molar refractivity (Wildman–Crippen MR) is 88.5 cm³/mol. The van der Waals surface area contributed by atoms with E-state index in [0.29, 0.717) is 18.0 Å². The molecule has 0 aliphatic carbocycles. The highest BCUT2D eigenvalue weighted by atomic mass is 19.1. The van der Waals surface area contributed by atoms with Gasteiger partial charge in [0.15, 0.2) is 0 Å². The summed E-state index contributed by atoms with van der Waals surface area (Å²) in [5, 5.41) is 2.81. The van der Waals surface area contributed by atoms with Gasteiger partial charge in [-0.25, -0.2) is 9.29 Å². The highest BCUT2D eigenvalue weighted by molar-refractivity contribution is 6.23. The van der Waals surface area contributed by atoms with E-state index in [1.807, 2.05) is 6.92 Å². The molecule has 1 atom stereocenters. The quantitative estimate of drug-likeness (QED) is 0.857. The fourth-order valence-electron chi connectivity index (χ4n) is 2.64. The van der Waals surface area contributed by atoms with Crippen molar-refractivity contribution in [2.24, 2.45) is 0 Å². The Balaban J connectivity index is 1.77. The van der Waals surface area contributed by atoms with Crippen LogP contribution in [0, 0.1) is 5.82 Å². The molecular weight excluding hydrogens is 311 g/mol. The van der Waals surface area contributed by atoms with Crippen LogP contribution in [0.15, 0.2) is 48.5 Å². The van der Waals surface area contributed by atoms with Gasteiger partial charge in [0.25, 0.3) is 5.91 Å². The number of halogens is 1. The Labute approximate surface area is 139 Å². The van der Waals surface area contributed by atoms with Crippen LogP contribution in [-0.4, -0.2) is 24.5 Å². The lowest BCUT2D eigenvalue weighted by atomic mass is 10.2. The molecule has 0 aromatic heterocycles. The first kappa shape index (κ1) is 16.0. The van der Waals surface area contributed by atoms with Gasteiger partial charge < -0.3 is 10.1 Å². The summed E-state index contributed by atoms with van der Waals surface area (Å²) in [7, 11) is 0. The molecular formula is C18H17FN2O3. The maximum Gasteiger partial charge on any atom is 0.256 e. The SMILES string of the molecule is CCOc1ccc(N2C(=O)C[C@H](Nc3ccccc3F)C2=O)cc1. The molecule has 1 aliphatic rings. The van der Waals surface area contributed by atoms with Gasteiger partial charge in [-0.15, -0.1) is 0 Å². The Bertz CT molecular complexity index is 761. The number of hydrogen-bond acceptors (Lipinski definition) is 4. The lowest BCUT2D eigenvalue weighted by Crippen LogP contribution is -2.34. The number of imide groups is 1. The number of benzene rings is 2. The number of nitrogens with one attached hydrogen (secondary N) is 1. The highest BCUT2D eigenvalue weighted by Gasteiger charge is 2.39. The molecule has 2 aromatic carbocycles. The molecule has 0 spiro atoms. The minimum Gasteiger partial charge on any atom is -0.494 e. The topological polar surface area (TPSA) is 58.6 Å². The molecule has 1 fully saturated rings. The van der Waals surface area contributed by atoms with Gasteiger partial charge in [0.2, 0.25) is 5.91 Å². The first-order valence-corrected chi connectivity index (χ1v) is 7.71. The molecule has 1 saturated heterocycles. The van der Waals surface area contributed by atoms with E-state index in [-0.39, 0.29) is 18.0 Å². The first-order chi connectivity index (χ1) is 11.6. The van der Waals surface area contributed by atoms with Gasteiger partial charge in [-0.05, 0) is 43.3 Å². The summed E-state index contributed by atoms with van der Waals surface area (Å²) in [5.41, 5.74) is 0.684. The number of hydrogen-bond donors (Lipinski definition) is 1. The molecule has 3 rings (SSSR count). The molecule has 0 radical (unpaired) electrons. The summed E-state index contributed by atoms with van der Waals surface area (Å²) in [6, 6.07) is 12.0. The van der Waals surface area contributed by atoms with Gasteiger partial charge in [0, 0.05) is 0 Å². The third kappa shape index (κ3) is 3.08. The van der Waals surface area contributed by atoms with Crippen molar-refractivity contribution in [3.05, 3.63) is 54.3 Å². The fourth-order valence-corrected chi connectivity index (χ4v) is 2.64. The number of anilines is 2. The second kappa shape index (κ2) is 6.70. The Hall–Kier alpha value is -2.89. The molecule has 1 N–H and O–H groups in total. The Morgan fingerprint density at radius 3 is 2.54 bits per heavy atom. The molecule has 5 nitrogen and oxygen atoms in total. The third-order valence-corrected chi connectivity index (χ3v) is 3.76. The van der Waals surface area contributed by atoms with Crippen molar-refractivity contribution in [2.75, 3.05) is 16.8 Å². The van der Waals surface area contributed by atoms with Gasteiger partial charge in [-0.1, -0.05) is 12.1 Å². The van der Waals surface area contributed by atoms with E-state index in [4.69, 9.17) is 4.74 Å². The van der Waals surface area contributed by atoms with E-state index in [1.165, 1.54) is 12.1 Å². The maximum atomic E-state index is 13.7. The number of rotatable bonds is 5. The van der Waals surface area contributed by atoms with Crippen LogP contribution in [0.2, 0.25) is 0 Å². The zero-order valence-corrected chi connectivity index (χ0v) is 13.2. The van der Waals surface area contributed by atoms with Crippen molar-refractivity contribution in [3.8, 4) is 5.75 Å². The van der Waals surface area contributed by atoms with Crippen LogP contribution in [0.4, 0.5) is 15.8 Å². The molecule has 0 unspecified atom stereocenters. The third-order valence-electron chi connectivity index (χ3n) is 3.76. The van der Waals surface area contributed by atoms with Crippen LogP contribution < -0.4 is 15.0 Å². The molecule has 2 amide bonds. The number of nitrogens with zero attached hydrogens (tertiary/aromatic N) is 1. The van der Waals surface area contributed by atoms with E-state index < -0.39 is 17.8 Å². The van der Waals surface area contributed by atoms with Crippen molar-refractivity contribution in [3.63, 3.8) is 0 Å². The van der Waals surface area contributed by atoms with Gasteiger partial charge in [0.05, 0.1) is 24.4 Å². The monoisotopic (exact) mass is 328 g/mol. The minimum absolute atomic E-state index is 0.0135. The van der Waals surface area contributed by atoms with Crippen LogP contribution in [0.1, 0.15) is 13.3 Å². The van der Waals surface area contributed by atoms with E-state index in [0.717, 1.165) is 4.90 Å². The van der Waals surface area contributed by atoms with E-state index in [9.17, 15) is 14.0 Å². The number of para-hydroxylation sites is 1. The second-order valence-corrected chi connectivity index (χ2v) is 5.38. The highest BCUT2D eigenvalue weighted by Crippen LogP contribution is 2.27. The van der Waals surface area contributed by atoms with Crippen molar-refractivity contribution >= 4 is 23.2 Å². The van der Waals surface area contributed by atoms with Crippen molar-refractivity contribution in [1.29, 1.82) is 0 Å². The number of ether oxygens (including phenoxy) is 1. The van der Waals surface area contributed by atoms with E-state index in [1.54, 1.807) is 36.4 Å². The second-order valence-electron chi connectivity index (χ2n) is 5.38. The maximum absolute atomic E-state index is 13.7. The molecule has 2 aromatic rings. The van der Waals surface area contributed by atoms with E-state index in [2.05, 4.69) is 5.32 Å². The van der Waals surface area contributed by atoms with Crippen LogP contribution in [0.5, 0.6) is 5.75 Å². The van der Waals surface area contributed by atoms with Crippen LogP contribution >= 0.6 is 0 Å². The largest absolute Gasteiger partial charge is 0.494 e. The summed E-state index contributed by atoms with van der Waals surface area (Å²) in [6.07, 6.45) is -0.0135. The summed E-state index contributed by atoms with van der Waals surface area (Å²) < 4.78 is 19.1. The molecule has 0 saturated carbocycles. The fraction of sp³-hybridized carbons (Fsp3) is 0.222. The summed E-state index contributed by atoms with van der Waals surface area (Å²) in [5.74, 6) is -0.510. The lowest BCUT2D eigenvalue weighted by Gasteiger charge is -2.16. The van der Waals surface area contributed by atoms with Crippen molar-refractivity contribution in [1.82, 2.24) is 0 Å². The van der Waals surface area contributed by atoms with E-state index >= 15 is 0 Å². The normalized spacial score (nSPS) is 17.2. The average molecular weight is 328 g/mol. The number of carbonyl (C=O) groups excluding carboxylic acids is 2. The molecule has 6 heteroatoms. The Morgan fingerprint density at radius 2 is 1.88 bits per heavy atom. The van der Waals surface area contributed by atoms with Gasteiger partial charge in [-0.3, -0.25) is 9.59 Å². The van der Waals surface area contributed by atoms with Crippen molar-refractivity contribution in [2.45, 2.75) is 19.4 Å². The molecule has 1 heterocycles. The average Bonchev–Trinajstić information content (AvgIpc) is 2.85. The first-order valence-electron chi connectivity index (χ1n) is 7.71. The number of amides is 2. The van der Waals surface area contributed by atoms with Crippen LogP contribution in [0.25, 0.3) is 0 Å².